The van der Waals surface area contributed by atoms with Gasteiger partial charge in [0.2, 0.25) is 0 Å². The molecule has 2 aromatic rings. The van der Waals surface area contributed by atoms with Crippen LogP contribution < -0.4 is 9.80 Å². The lowest BCUT2D eigenvalue weighted by molar-refractivity contribution is -0.385. The van der Waals surface area contributed by atoms with Crippen molar-refractivity contribution in [2.75, 3.05) is 62.2 Å². The molecule has 0 saturated carbocycles. The van der Waals surface area contributed by atoms with Crippen LogP contribution in [-0.4, -0.2) is 105 Å². The number of carbonyl (C=O) groups excluding carboxylic acids is 2. The number of nitro groups is 2. The molecule has 0 aromatic carbocycles. The number of nitrogens with zero attached hydrogens (tertiary/aromatic N) is 8. The monoisotopic (exact) mass is 644 g/mol. The predicted molar refractivity (Wildman–Crippen MR) is 171 cm³/mol. The van der Waals surface area contributed by atoms with Crippen molar-refractivity contribution in [3.8, 4) is 0 Å². The van der Waals surface area contributed by atoms with Crippen LogP contribution in [0.2, 0.25) is 0 Å². The summed E-state index contributed by atoms with van der Waals surface area (Å²) >= 11 is 0. The van der Waals surface area contributed by atoms with Crippen molar-refractivity contribution in [2.45, 2.75) is 66.6 Å². The zero-order valence-electron chi connectivity index (χ0n) is 27.8. The molecule has 2 fully saturated rings. The average molecular weight is 645 g/mol. The first kappa shape index (κ1) is 35.7. The zero-order valence-corrected chi connectivity index (χ0v) is 27.8. The second-order valence-corrected chi connectivity index (χ2v) is 13.0. The van der Waals surface area contributed by atoms with Gasteiger partial charge in [0.05, 0.1) is 9.85 Å². The Bertz CT molecular complexity index is 1320. The molecule has 2 aliphatic rings. The highest BCUT2D eigenvalue weighted by atomic mass is 16.6. The standard InChI is InChI=1S/2C15H22N4O4/c2*1-11-12(19(21)22)5-6-13(16-11)17-7-9-18(10-8-17)14(20)23-15(2,3)4/h2*5-6H,7-10H2,1-4H3. The Morgan fingerprint density at radius 3 is 1.17 bits per heavy atom. The van der Waals surface area contributed by atoms with E-state index >= 15 is 0 Å². The summed E-state index contributed by atoms with van der Waals surface area (Å²) in [5, 5.41) is 21.7. The highest BCUT2D eigenvalue weighted by Gasteiger charge is 2.28. The van der Waals surface area contributed by atoms with E-state index in [0.717, 1.165) is 0 Å². The fourth-order valence-corrected chi connectivity index (χ4v) is 4.71. The highest BCUT2D eigenvalue weighted by Crippen LogP contribution is 2.23. The third-order valence-corrected chi connectivity index (χ3v) is 6.99. The van der Waals surface area contributed by atoms with Gasteiger partial charge in [-0.25, -0.2) is 19.6 Å². The van der Waals surface area contributed by atoms with Gasteiger partial charge in [0.15, 0.2) is 0 Å². The second kappa shape index (κ2) is 14.6. The molecule has 2 saturated heterocycles. The van der Waals surface area contributed by atoms with Crippen LogP contribution in [0.1, 0.15) is 52.9 Å². The maximum atomic E-state index is 12.0. The van der Waals surface area contributed by atoms with Crippen LogP contribution >= 0.6 is 0 Å². The molecular formula is C30H44N8O8. The third kappa shape index (κ3) is 10.1. The number of anilines is 2. The molecule has 2 amide bonds. The number of aryl methyl sites for hydroxylation is 2. The summed E-state index contributed by atoms with van der Waals surface area (Å²) in [7, 11) is 0. The minimum Gasteiger partial charge on any atom is -0.444 e. The van der Waals surface area contributed by atoms with Crippen LogP contribution in [0.3, 0.4) is 0 Å². The van der Waals surface area contributed by atoms with E-state index in [9.17, 15) is 29.8 Å². The van der Waals surface area contributed by atoms with Crippen molar-refractivity contribution in [1.29, 1.82) is 0 Å². The number of hydrogen-bond acceptors (Lipinski definition) is 12. The van der Waals surface area contributed by atoms with Gasteiger partial charge in [0.1, 0.15) is 34.2 Å². The van der Waals surface area contributed by atoms with E-state index in [1.807, 2.05) is 51.3 Å². The van der Waals surface area contributed by atoms with Crippen LogP contribution in [0.5, 0.6) is 0 Å². The van der Waals surface area contributed by atoms with Gasteiger partial charge in [-0.1, -0.05) is 0 Å². The van der Waals surface area contributed by atoms with E-state index in [4.69, 9.17) is 9.47 Å². The van der Waals surface area contributed by atoms with Crippen LogP contribution in [0.25, 0.3) is 0 Å². The van der Waals surface area contributed by atoms with E-state index in [1.54, 1.807) is 35.8 Å². The number of ether oxygens (including phenoxy) is 2. The number of hydrogen-bond donors (Lipinski definition) is 0. The van der Waals surface area contributed by atoms with Gasteiger partial charge in [-0.05, 0) is 67.5 Å². The van der Waals surface area contributed by atoms with E-state index < -0.39 is 21.0 Å². The minimum absolute atomic E-state index is 0.0149. The van der Waals surface area contributed by atoms with Crippen molar-refractivity contribution in [1.82, 2.24) is 19.8 Å². The van der Waals surface area contributed by atoms with Gasteiger partial charge >= 0.3 is 12.2 Å². The molecule has 0 atom stereocenters. The Balaban J connectivity index is 0.000000250. The molecule has 4 heterocycles. The molecule has 46 heavy (non-hydrogen) atoms. The summed E-state index contributed by atoms with van der Waals surface area (Å²) in [6.45, 7) is 18.9. The van der Waals surface area contributed by atoms with Gasteiger partial charge < -0.3 is 29.1 Å². The van der Waals surface area contributed by atoms with Crippen molar-refractivity contribution in [3.05, 3.63) is 55.9 Å². The van der Waals surface area contributed by atoms with E-state index in [1.165, 1.54) is 12.1 Å². The number of pyridine rings is 2. The molecule has 0 N–H and O–H groups in total. The highest BCUT2D eigenvalue weighted by molar-refractivity contribution is 5.69. The predicted octanol–water partition coefficient (Wildman–Crippen LogP) is 4.71. The lowest BCUT2D eigenvalue weighted by Gasteiger charge is -2.36. The number of rotatable bonds is 4. The van der Waals surface area contributed by atoms with Crippen molar-refractivity contribution in [2.24, 2.45) is 0 Å². The van der Waals surface area contributed by atoms with Crippen molar-refractivity contribution < 1.29 is 28.9 Å². The van der Waals surface area contributed by atoms with E-state index in [2.05, 4.69) is 9.97 Å². The summed E-state index contributed by atoms with van der Waals surface area (Å²) in [5.41, 5.74) is -0.206. The van der Waals surface area contributed by atoms with Gasteiger partial charge in [-0.15, -0.1) is 0 Å². The summed E-state index contributed by atoms with van der Waals surface area (Å²) in [5.74, 6) is 1.38. The maximum Gasteiger partial charge on any atom is 0.410 e. The van der Waals surface area contributed by atoms with Gasteiger partial charge in [0, 0.05) is 64.5 Å². The lowest BCUT2D eigenvalue weighted by atomic mass is 10.2. The molecule has 252 valence electrons. The molecular weight excluding hydrogens is 600 g/mol. The summed E-state index contributed by atoms with van der Waals surface area (Å²) < 4.78 is 10.7. The van der Waals surface area contributed by atoms with Gasteiger partial charge in [-0.3, -0.25) is 20.2 Å². The van der Waals surface area contributed by atoms with Crippen molar-refractivity contribution >= 4 is 35.2 Å². The third-order valence-electron chi connectivity index (χ3n) is 6.99. The molecule has 16 heteroatoms. The fraction of sp³-hybridized carbons (Fsp3) is 0.600. The molecule has 0 unspecified atom stereocenters. The topological polar surface area (TPSA) is 178 Å². The minimum atomic E-state index is -0.509. The number of carbonyl (C=O) groups is 2. The molecule has 0 bridgehead atoms. The van der Waals surface area contributed by atoms with Gasteiger partial charge in [0.25, 0.3) is 11.4 Å². The fourth-order valence-electron chi connectivity index (χ4n) is 4.71. The molecule has 4 rings (SSSR count). The number of piperazine rings is 2. The molecule has 0 aliphatic carbocycles. The first-order valence-corrected chi connectivity index (χ1v) is 15.0. The summed E-state index contributed by atoms with van der Waals surface area (Å²) in [4.78, 5) is 60.8. The van der Waals surface area contributed by atoms with E-state index in [-0.39, 0.29) is 23.6 Å². The maximum absolute atomic E-state index is 12.0. The first-order chi connectivity index (χ1) is 21.3. The Labute approximate surface area is 268 Å². The average Bonchev–Trinajstić information content (AvgIpc) is 2.95. The number of amides is 2. The Kier molecular flexibility index (Phi) is 11.3. The molecule has 16 nitrogen and oxygen atoms in total. The Morgan fingerprint density at radius 2 is 0.935 bits per heavy atom. The second-order valence-electron chi connectivity index (χ2n) is 13.0. The van der Waals surface area contributed by atoms with Gasteiger partial charge in [-0.2, -0.15) is 0 Å². The van der Waals surface area contributed by atoms with E-state index in [0.29, 0.717) is 75.4 Å². The normalized spacial score (nSPS) is 15.5. The van der Waals surface area contributed by atoms with Crippen LogP contribution in [0, 0.1) is 34.1 Å². The number of aromatic nitrogens is 2. The molecule has 2 aliphatic heterocycles. The quantitative estimate of drug-likeness (QED) is 0.331. The molecule has 0 spiro atoms. The summed E-state index contributed by atoms with van der Waals surface area (Å²) in [6, 6.07) is 6.23. The Hall–Kier alpha value is -4.76. The van der Waals surface area contributed by atoms with Crippen LogP contribution in [0.4, 0.5) is 32.6 Å². The largest absolute Gasteiger partial charge is 0.444 e. The van der Waals surface area contributed by atoms with Crippen molar-refractivity contribution in [3.63, 3.8) is 0 Å². The Morgan fingerprint density at radius 1 is 0.630 bits per heavy atom. The van der Waals surface area contributed by atoms with Crippen LogP contribution in [-0.2, 0) is 9.47 Å². The zero-order chi connectivity index (χ0) is 34.4. The lowest BCUT2D eigenvalue weighted by Crippen LogP contribution is -2.50. The van der Waals surface area contributed by atoms with Crippen LogP contribution in [0.15, 0.2) is 24.3 Å². The molecule has 0 radical (unpaired) electrons. The molecule has 2 aromatic heterocycles. The SMILES string of the molecule is Cc1nc(N2CCN(C(=O)OC(C)(C)C)CC2)ccc1[N+](=O)[O-].Cc1nc(N2CCN(C(=O)OC(C)(C)C)CC2)ccc1[N+](=O)[O-]. The first-order valence-electron chi connectivity index (χ1n) is 15.0. The smallest absolute Gasteiger partial charge is 0.410 e. The summed E-state index contributed by atoms with van der Waals surface area (Å²) in [6.07, 6.45) is -0.630.